The highest BCUT2D eigenvalue weighted by Gasteiger charge is 2.37. The lowest BCUT2D eigenvalue weighted by Crippen LogP contribution is -2.52. The van der Waals surface area contributed by atoms with Gasteiger partial charge in [-0.1, -0.05) is 0 Å². The van der Waals surface area contributed by atoms with Gasteiger partial charge in [0.25, 0.3) is 0 Å². The van der Waals surface area contributed by atoms with Gasteiger partial charge in [-0.3, -0.25) is 9.59 Å². The van der Waals surface area contributed by atoms with Gasteiger partial charge in [-0.25, -0.2) is 9.59 Å². The van der Waals surface area contributed by atoms with Gasteiger partial charge in [-0.05, 0) is 31.5 Å². The van der Waals surface area contributed by atoms with Crippen LogP contribution in [0.4, 0.5) is 4.79 Å². The summed E-state index contributed by atoms with van der Waals surface area (Å²) in [5, 5.41) is 24.9. The SMILES string of the molecule is COc1cc(C2CNCCN2C(=O)NCC(=O)O)c2c(c1C)OC(=O)c1c(C)cc(O)c(C=O)c1O2. The Bertz CT molecular complexity index is 1270. The normalized spacial score (nSPS) is 16.6. The van der Waals surface area contributed by atoms with Crippen LogP contribution in [0.25, 0.3) is 0 Å². The molecular weight excluding hydrogens is 474 g/mol. The van der Waals surface area contributed by atoms with Crippen LogP contribution in [0.5, 0.6) is 28.7 Å². The molecule has 0 radical (unpaired) electrons. The first-order chi connectivity index (χ1) is 17.2. The molecule has 1 saturated heterocycles. The van der Waals surface area contributed by atoms with Gasteiger partial charge in [0.15, 0.2) is 23.5 Å². The van der Waals surface area contributed by atoms with Crippen molar-refractivity contribution in [2.75, 3.05) is 33.3 Å². The molecule has 0 saturated carbocycles. The highest BCUT2D eigenvalue weighted by molar-refractivity contribution is 6.01. The quantitative estimate of drug-likeness (QED) is 0.271. The average Bonchev–Trinajstić information content (AvgIpc) is 3.00. The fraction of sp³-hybridized carbons (Fsp3) is 0.333. The molecular formula is C24H25N3O9. The molecule has 12 nitrogen and oxygen atoms in total. The summed E-state index contributed by atoms with van der Waals surface area (Å²) in [5.41, 5.74) is 0.929. The van der Waals surface area contributed by atoms with Gasteiger partial charge in [0.05, 0.1) is 18.7 Å². The molecule has 2 heterocycles. The van der Waals surface area contributed by atoms with Crippen LogP contribution in [0.1, 0.15) is 43.4 Å². The number of esters is 1. The van der Waals surface area contributed by atoms with Crippen LogP contribution in [-0.4, -0.2) is 72.7 Å². The molecule has 36 heavy (non-hydrogen) atoms. The van der Waals surface area contributed by atoms with E-state index in [0.29, 0.717) is 35.3 Å². The number of amides is 2. The Labute approximate surface area is 205 Å². The predicted molar refractivity (Wildman–Crippen MR) is 124 cm³/mol. The van der Waals surface area contributed by atoms with Crippen LogP contribution < -0.4 is 24.8 Å². The van der Waals surface area contributed by atoms with Crippen LogP contribution in [0.15, 0.2) is 12.1 Å². The molecule has 1 fully saturated rings. The second kappa shape index (κ2) is 9.74. The monoisotopic (exact) mass is 499 g/mol. The molecule has 2 aliphatic heterocycles. The third kappa shape index (κ3) is 4.26. The summed E-state index contributed by atoms with van der Waals surface area (Å²) in [6.45, 7) is 3.65. The number of urea groups is 1. The third-order valence-electron chi connectivity index (χ3n) is 6.16. The molecule has 12 heteroatoms. The Balaban J connectivity index is 1.91. The van der Waals surface area contributed by atoms with E-state index in [-0.39, 0.29) is 47.2 Å². The number of aliphatic carboxylic acids is 1. The van der Waals surface area contributed by atoms with E-state index in [4.69, 9.17) is 19.3 Å². The molecule has 0 aromatic heterocycles. The number of hydrogen-bond donors (Lipinski definition) is 4. The first-order valence-electron chi connectivity index (χ1n) is 11.1. The van der Waals surface area contributed by atoms with E-state index in [9.17, 15) is 24.3 Å². The van der Waals surface area contributed by atoms with Crippen LogP contribution in [0, 0.1) is 13.8 Å². The van der Waals surface area contributed by atoms with Crippen molar-refractivity contribution in [2.24, 2.45) is 0 Å². The van der Waals surface area contributed by atoms with Crippen molar-refractivity contribution in [1.82, 2.24) is 15.5 Å². The fourth-order valence-corrected chi connectivity index (χ4v) is 4.40. The van der Waals surface area contributed by atoms with Gasteiger partial charge in [-0.15, -0.1) is 0 Å². The Hall–Kier alpha value is -4.32. The molecule has 4 N–H and O–H groups in total. The molecule has 2 amide bonds. The largest absolute Gasteiger partial charge is 0.507 e. The van der Waals surface area contributed by atoms with E-state index in [1.54, 1.807) is 19.9 Å². The number of phenolic OH excluding ortho intramolecular Hbond substituents is 1. The van der Waals surface area contributed by atoms with E-state index in [1.165, 1.54) is 18.1 Å². The molecule has 0 spiro atoms. The average molecular weight is 499 g/mol. The van der Waals surface area contributed by atoms with Crippen molar-refractivity contribution >= 4 is 24.3 Å². The molecule has 4 rings (SSSR count). The number of hydrogen-bond acceptors (Lipinski definition) is 9. The zero-order chi connectivity index (χ0) is 26.1. The minimum Gasteiger partial charge on any atom is -0.507 e. The second-order valence-electron chi connectivity index (χ2n) is 8.36. The minimum atomic E-state index is -1.19. The Kier molecular flexibility index (Phi) is 6.71. The summed E-state index contributed by atoms with van der Waals surface area (Å²) < 4.78 is 17.4. The van der Waals surface area contributed by atoms with Gasteiger partial charge in [0, 0.05) is 30.8 Å². The van der Waals surface area contributed by atoms with E-state index in [0.717, 1.165) is 0 Å². The topological polar surface area (TPSA) is 164 Å². The van der Waals surface area contributed by atoms with Crippen LogP contribution in [0.2, 0.25) is 0 Å². The number of aryl methyl sites for hydroxylation is 1. The maximum atomic E-state index is 13.1. The summed E-state index contributed by atoms with van der Waals surface area (Å²) >= 11 is 0. The van der Waals surface area contributed by atoms with E-state index in [1.807, 2.05) is 0 Å². The number of methoxy groups -OCH3 is 1. The Morgan fingerprint density at radius 2 is 2.00 bits per heavy atom. The summed E-state index contributed by atoms with van der Waals surface area (Å²) in [7, 11) is 1.44. The van der Waals surface area contributed by atoms with Crippen LogP contribution in [-0.2, 0) is 4.79 Å². The van der Waals surface area contributed by atoms with Gasteiger partial charge in [-0.2, -0.15) is 0 Å². The summed E-state index contributed by atoms with van der Waals surface area (Å²) in [5.74, 6) is -2.04. The number of carboxylic acid groups (broad SMARTS) is 1. The first kappa shape index (κ1) is 24.8. The van der Waals surface area contributed by atoms with E-state index < -0.39 is 30.6 Å². The zero-order valence-electron chi connectivity index (χ0n) is 19.8. The Morgan fingerprint density at radius 3 is 2.67 bits per heavy atom. The van der Waals surface area contributed by atoms with Gasteiger partial charge in [0.2, 0.25) is 0 Å². The number of ether oxygens (including phenoxy) is 3. The number of carbonyl (C=O) groups is 4. The van der Waals surface area contributed by atoms with Gasteiger partial charge >= 0.3 is 18.0 Å². The number of rotatable bonds is 5. The molecule has 0 bridgehead atoms. The number of phenols is 1. The number of aromatic hydroxyl groups is 1. The van der Waals surface area contributed by atoms with Crippen molar-refractivity contribution in [3.63, 3.8) is 0 Å². The van der Waals surface area contributed by atoms with Crippen molar-refractivity contribution in [2.45, 2.75) is 19.9 Å². The lowest BCUT2D eigenvalue weighted by molar-refractivity contribution is -0.135. The molecule has 190 valence electrons. The maximum Gasteiger partial charge on any atom is 0.347 e. The van der Waals surface area contributed by atoms with Crippen molar-refractivity contribution in [3.05, 3.63) is 39.9 Å². The third-order valence-corrected chi connectivity index (χ3v) is 6.16. The second-order valence-corrected chi connectivity index (χ2v) is 8.36. The van der Waals surface area contributed by atoms with E-state index >= 15 is 0 Å². The van der Waals surface area contributed by atoms with Gasteiger partial charge < -0.3 is 40.0 Å². The number of carbonyl (C=O) groups excluding carboxylic acids is 3. The lowest BCUT2D eigenvalue weighted by Gasteiger charge is -2.37. The van der Waals surface area contributed by atoms with Crippen molar-refractivity contribution in [1.29, 1.82) is 0 Å². The molecule has 0 aliphatic carbocycles. The van der Waals surface area contributed by atoms with Crippen LogP contribution in [0.3, 0.4) is 0 Å². The number of nitrogens with one attached hydrogen (secondary N) is 2. The number of aldehydes is 1. The summed E-state index contributed by atoms with van der Waals surface area (Å²) in [4.78, 5) is 50.3. The zero-order valence-corrected chi connectivity index (χ0v) is 19.8. The number of piperazine rings is 1. The van der Waals surface area contributed by atoms with Gasteiger partial charge in [0.1, 0.15) is 23.6 Å². The predicted octanol–water partition coefficient (Wildman–Crippen LogP) is 1.90. The number of fused-ring (bicyclic) bond motifs is 2. The summed E-state index contributed by atoms with van der Waals surface area (Å²) in [6, 6.07) is 1.62. The minimum absolute atomic E-state index is 0.0201. The number of nitrogens with zero attached hydrogens (tertiary/aromatic N) is 1. The van der Waals surface area contributed by atoms with Crippen molar-refractivity contribution < 1.29 is 43.6 Å². The fourth-order valence-electron chi connectivity index (χ4n) is 4.40. The highest BCUT2D eigenvalue weighted by Crippen LogP contribution is 2.50. The summed E-state index contributed by atoms with van der Waals surface area (Å²) in [6.07, 6.45) is 0.385. The smallest absolute Gasteiger partial charge is 0.347 e. The molecule has 1 unspecified atom stereocenters. The molecule has 2 aromatic carbocycles. The number of benzene rings is 2. The maximum absolute atomic E-state index is 13.1. The first-order valence-corrected chi connectivity index (χ1v) is 11.1. The molecule has 2 aliphatic rings. The number of carboxylic acids is 1. The Morgan fingerprint density at radius 1 is 1.25 bits per heavy atom. The standard InChI is InChI=1S/C24H25N3O9/c1-11-6-16(29)14(10-28)21-19(11)23(32)36-20-12(2)17(34-3)7-13(22(20)35-21)15-8-25-4-5-27(15)24(33)26-9-18(30)31/h6-7,10,15,25,29H,4-5,8-9H2,1-3H3,(H,26,33)(H,30,31). The van der Waals surface area contributed by atoms with Crippen LogP contribution >= 0.6 is 0 Å². The lowest BCUT2D eigenvalue weighted by atomic mass is 9.98. The van der Waals surface area contributed by atoms with E-state index in [2.05, 4.69) is 10.6 Å². The molecule has 1 atom stereocenters. The molecule has 2 aromatic rings. The van der Waals surface area contributed by atoms with Crippen molar-refractivity contribution in [3.8, 4) is 28.7 Å². The highest BCUT2D eigenvalue weighted by atomic mass is 16.6.